The fourth-order valence-corrected chi connectivity index (χ4v) is 9.39. The summed E-state index contributed by atoms with van der Waals surface area (Å²) >= 11 is 0. The van der Waals surface area contributed by atoms with Crippen molar-refractivity contribution in [3.8, 4) is 0 Å². The molecule has 11 heteroatoms. The van der Waals surface area contributed by atoms with Crippen LogP contribution in [0.25, 0.3) is 0 Å². The van der Waals surface area contributed by atoms with Crippen LogP contribution >= 0.6 is 0 Å². The van der Waals surface area contributed by atoms with E-state index in [-0.39, 0.29) is 48.5 Å². The van der Waals surface area contributed by atoms with Gasteiger partial charge in [-0.25, -0.2) is 4.79 Å². The Bertz CT molecular complexity index is 1360. The lowest BCUT2D eigenvalue weighted by Gasteiger charge is -2.47. The van der Waals surface area contributed by atoms with Crippen LogP contribution in [-0.4, -0.2) is 104 Å². The normalized spacial score (nSPS) is 38.9. The molecule has 1 amide bonds. The van der Waals surface area contributed by atoms with Gasteiger partial charge in [-0.2, -0.15) is 0 Å². The predicted octanol–water partition coefficient (Wildman–Crippen LogP) is 6.53. The van der Waals surface area contributed by atoms with Crippen LogP contribution in [0, 0.1) is 29.6 Å². The molecule has 3 heterocycles. The highest BCUT2D eigenvalue weighted by Crippen LogP contribution is 2.39. The Labute approximate surface area is 323 Å². The Balaban J connectivity index is 1.73. The molecule has 11 nitrogen and oxygen atoms in total. The average molecular weight is 760 g/mol. The number of ketones is 2. The number of carbonyl (C=O) groups excluding carboxylic acids is 4. The summed E-state index contributed by atoms with van der Waals surface area (Å²) < 4.78 is 30.1. The first kappa shape index (κ1) is 44.3. The van der Waals surface area contributed by atoms with Crippen LogP contribution in [0.5, 0.6) is 0 Å². The third-order valence-electron chi connectivity index (χ3n) is 12.7. The molecule has 4 rings (SSSR count). The minimum atomic E-state index is -2.44. The molecule has 12 unspecified atom stereocenters. The topological polar surface area (TPSA) is 138 Å². The van der Waals surface area contributed by atoms with E-state index in [4.69, 9.17) is 23.7 Å². The highest BCUT2D eigenvalue weighted by Gasteiger charge is 2.56. The van der Waals surface area contributed by atoms with E-state index in [2.05, 4.69) is 19.1 Å². The summed E-state index contributed by atoms with van der Waals surface area (Å²) in [7, 11) is 4.87. The van der Waals surface area contributed by atoms with Gasteiger partial charge >= 0.3 is 5.97 Å². The largest absolute Gasteiger partial charge is 0.456 e. The number of esters is 1. The minimum Gasteiger partial charge on any atom is -0.456 e. The van der Waals surface area contributed by atoms with Crippen molar-refractivity contribution in [2.45, 2.75) is 167 Å². The van der Waals surface area contributed by atoms with Crippen molar-refractivity contribution in [2.75, 3.05) is 27.9 Å². The second kappa shape index (κ2) is 20.1. The van der Waals surface area contributed by atoms with Crippen LogP contribution in [0.4, 0.5) is 0 Å². The van der Waals surface area contributed by atoms with Gasteiger partial charge in [-0.3, -0.25) is 14.4 Å². The smallest absolute Gasteiger partial charge is 0.329 e. The van der Waals surface area contributed by atoms with E-state index in [0.29, 0.717) is 51.4 Å². The summed E-state index contributed by atoms with van der Waals surface area (Å²) in [5.74, 6) is -5.74. The highest BCUT2D eigenvalue weighted by molar-refractivity contribution is 6.39. The van der Waals surface area contributed by atoms with Crippen molar-refractivity contribution >= 4 is 23.4 Å². The quantitative estimate of drug-likeness (QED) is 0.181. The number of allylic oxidation sites excluding steroid dienone is 3. The molecule has 0 spiro atoms. The molecule has 1 saturated carbocycles. The second-order valence-electron chi connectivity index (χ2n) is 16.9. The number of amides is 1. The molecule has 0 aromatic rings. The van der Waals surface area contributed by atoms with E-state index in [0.717, 1.165) is 36.8 Å². The van der Waals surface area contributed by atoms with E-state index < -0.39 is 59.8 Å². The maximum absolute atomic E-state index is 14.2. The van der Waals surface area contributed by atoms with Gasteiger partial charge in [0, 0.05) is 46.1 Å². The summed E-state index contributed by atoms with van der Waals surface area (Å²) in [5.41, 5.74) is 2.01. The van der Waals surface area contributed by atoms with Crippen LogP contribution in [-0.2, 0) is 42.9 Å². The molecule has 2 bridgehead atoms. The number of methoxy groups -OCH3 is 3. The van der Waals surface area contributed by atoms with Crippen molar-refractivity contribution in [3.63, 3.8) is 0 Å². The molecule has 3 fully saturated rings. The monoisotopic (exact) mass is 759 g/mol. The van der Waals surface area contributed by atoms with Crippen LogP contribution in [0.1, 0.15) is 125 Å². The van der Waals surface area contributed by atoms with E-state index in [9.17, 15) is 24.3 Å². The molecule has 1 N–H and O–H groups in total. The van der Waals surface area contributed by atoms with Crippen molar-refractivity contribution in [3.05, 3.63) is 23.3 Å². The number of aliphatic hydroxyl groups is 1. The molecule has 3 aliphatic heterocycles. The zero-order chi connectivity index (χ0) is 39.7. The molecule has 2 saturated heterocycles. The number of fused-ring (bicyclic) bond motifs is 3. The van der Waals surface area contributed by atoms with Gasteiger partial charge in [0.15, 0.2) is 0 Å². The molecule has 0 aromatic carbocycles. The molecular formula is C43H69NO10. The number of cyclic esters (lactones) is 1. The Hall–Kier alpha value is -2.44. The van der Waals surface area contributed by atoms with Crippen molar-refractivity contribution in [1.82, 2.24) is 4.90 Å². The predicted molar refractivity (Wildman–Crippen MR) is 205 cm³/mol. The molecule has 1 aliphatic carbocycles. The molecular weight excluding hydrogens is 690 g/mol. The summed E-state index contributed by atoms with van der Waals surface area (Å²) in [6.07, 6.45) is 10.6. The minimum absolute atomic E-state index is 0.106. The van der Waals surface area contributed by atoms with Crippen molar-refractivity contribution < 1.29 is 48.0 Å². The van der Waals surface area contributed by atoms with Gasteiger partial charge in [0.25, 0.3) is 11.7 Å². The third-order valence-corrected chi connectivity index (χ3v) is 12.7. The fourth-order valence-electron chi connectivity index (χ4n) is 9.39. The van der Waals surface area contributed by atoms with Gasteiger partial charge in [-0.1, -0.05) is 51.8 Å². The average Bonchev–Trinajstić information content (AvgIpc) is 3.16. The van der Waals surface area contributed by atoms with Gasteiger partial charge in [0.05, 0.1) is 18.3 Å². The number of ether oxygens (including phenoxy) is 5. The van der Waals surface area contributed by atoms with Crippen LogP contribution in [0.15, 0.2) is 23.3 Å². The molecule has 12 atom stereocenters. The second-order valence-corrected chi connectivity index (χ2v) is 16.9. The van der Waals surface area contributed by atoms with Gasteiger partial charge in [0.2, 0.25) is 5.79 Å². The Morgan fingerprint density at radius 1 is 0.944 bits per heavy atom. The number of nitrogens with zero attached hydrogens (tertiary/aromatic N) is 1. The SMILES string of the molecule is CCC1C=C(C)CC(C)CC(OC)C2OC(O)(C(=O)C(=O)N3CCCCC3C(=O)OC(C(C)=CC3CCCC(OC)C3)C(C)CCC1=O)C(C)CC2OC. The van der Waals surface area contributed by atoms with Gasteiger partial charge in [-0.05, 0) is 108 Å². The maximum Gasteiger partial charge on any atom is 0.329 e. The third kappa shape index (κ3) is 10.7. The summed E-state index contributed by atoms with van der Waals surface area (Å²) in [6, 6.07) is -1.00. The number of Topliss-reactive ketones (excluding diaryl/α,β-unsaturated/α-hetero) is 2. The Morgan fingerprint density at radius 3 is 2.31 bits per heavy atom. The highest BCUT2D eigenvalue weighted by atomic mass is 16.7. The van der Waals surface area contributed by atoms with E-state index >= 15 is 0 Å². The standard InChI is InChI=1S/C43H69NO10/c1-10-32-21-26(2)20-27(3)22-36(51-8)39-37(52-9)24-30(6)43(49,54-39)40(46)41(47)44-19-12-11-16-34(44)42(48)53-38(28(4)17-18-35(32)45)29(5)23-31-14-13-15-33(25-31)50-7/h21,23,27-28,30-34,36-39,49H,10-20,22,24-25H2,1-9H3. The fraction of sp³-hybridized carbons (Fsp3) is 0.814. The van der Waals surface area contributed by atoms with Crippen LogP contribution < -0.4 is 0 Å². The lowest BCUT2D eigenvalue weighted by Crippen LogP contribution is -2.64. The number of rotatable bonds is 6. The van der Waals surface area contributed by atoms with Crippen molar-refractivity contribution in [1.29, 1.82) is 0 Å². The Kier molecular flexibility index (Phi) is 16.5. The lowest BCUT2D eigenvalue weighted by molar-refractivity contribution is -0.302. The number of hydrogen-bond donors (Lipinski definition) is 1. The first-order chi connectivity index (χ1) is 25.7. The first-order valence-corrected chi connectivity index (χ1v) is 20.6. The van der Waals surface area contributed by atoms with E-state index in [1.165, 1.54) is 4.90 Å². The number of hydrogen-bond acceptors (Lipinski definition) is 10. The van der Waals surface area contributed by atoms with Gasteiger partial charge in [-0.15, -0.1) is 0 Å². The summed E-state index contributed by atoms with van der Waals surface area (Å²) in [4.78, 5) is 57.6. The van der Waals surface area contributed by atoms with Crippen molar-refractivity contribution in [2.24, 2.45) is 29.6 Å². The zero-order valence-corrected chi connectivity index (χ0v) is 34.5. The summed E-state index contributed by atoms with van der Waals surface area (Å²) in [5, 5.41) is 12.0. The van der Waals surface area contributed by atoms with Crippen LogP contribution in [0.3, 0.4) is 0 Å². The zero-order valence-electron chi connectivity index (χ0n) is 34.5. The van der Waals surface area contributed by atoms with E-state index in [1.54, 1.807) is 28.3 Å². The van der Waals surface area contributed by atoms with Gasteiger partial charge < -0.3 is 33.7 Å². The molecule has 0 radical (unpaired) electrons. The molecule has 4 aliphatic rings. The molecule has 54 heavy (non-hydrogen) atoms. The van der Waals surface area contributed by atoms with Gasteiger partial charge in [0.1, 0.15) is 24.0 Å². The van der Waals surface area contributed by atoms with E-state index in [1.807, 2.05) is 27.7 Å². The number of piperidine rings is 1. The van der Waals surface area contributed by atoms with Crippen LogP contribution in [0.2, 0.25) is 0 Å². The summed E-state index contributed by atoms with van der Waals surface area (Å²) in [6.45, 7) is 12.0. The first-order valence-electron chi connectivity index (χ1n) is 20.6. The maximum atomic E-state index is 14.2. The lowest BCUT2D eigenvalue weighted by atomic mass is 9.82. The number of carbonyl (C=O) groups is 4. The molecule has 306 valence electrons. The Morgan fingerprint density at radius 2 is 1.65 bits per heavy atom. The molecule has 0 aromatic heterocycles.